The van der Waals surface area contributed by atoms with E-state index in [-0.39, 0.29) is 0 Å². The van der Waals surface area contributed by atoms with E-state index < -0.39 is 0 Å². The number of thiophene rings is 1. The van der Waals surface area contributed by atoms with Crippen molar-refractivity contribution in [1.82, 2.24) is 4.98 Å². The van der Waals surface area contributed by atoms with Crippen molar-refractivity contribution in [3.05, 3.63) is 16.1 Å². The van der Waals surface area contributed by atoms with Crippen LogP contribution in [0.2, 0.25) is 0 Å². The molecular weight excluding hydrogens is 206 g/mol. The van der Waals surface area contributed by atoms with E-state index in [1.807, 2.05) is 0 Å². The second-order valence-corrected chi connectivity index (χ2v) is 5.05. The summed E-state index contributed by atoms with van der Waals surface area (Å²) in [5.74, 6) is 0. The summed E-state index contributed by atoms with van der Waals surface area (Å²) in [6.07, 6.45) is 4.80. The summed E-state index contributed by atoms with van der Waals surface area (Å²) in [6.45, 7) is 0. The molecule has 3 rings (SSSR count). The molecule has 4 heteroatoms. The van der Waals surface area contributed by atoms with Crippen molar-refractivity contribution < 1.29 is 0 Å². The van der Waals surface area contributed by atoms with Gasteiger partial charge in [-0.2, -0.15) is 5.26 Å². The summed E-state index contributed by atoms with van der Waals surface area (Å²) in [5.41, 5.74) is 8.52. The number of nitrogens with zero attached hydrogens (tertiary/aromatic N) is 1. The van der Waals surface area contributed by atoms with Crippen LogP contribution in [0.3, 0.4) is 0 Å². The molecule has 76 valence electrons. The fraction of sp³-hybridized carbons (Fsp3) is 0.364. The summed E-state index contributed by atoms with van der Waals surface area (Å²) >= 11 is 1.76. The van der Waals surface area contributed by atoms with Gasteiger partial charge >= 0.3 is 0 Å². The standard InChI is InChI=1S/C11H11N3S/c12-5-7-10(13)9-6-3-1-2-4-8(6)15-11(9)14-7/h14H,1-4,13H2. The van der Waals surface area contributed by atoms with Crippen LogP contribution in [0.4, 0.5) is 5.69 Å². The second-order valence-electron chi connectivity index (χ2n) is 3.94. The quantitative estimate of drug-likeness (QED) is 0.712. The number of H-pyrrole nitrogens is 1. The van der Waals surface area contributed by atoms with E-state index in [0.29, 0.717) is 11.4 Å². The number of aromatic amines is 1. The van der Waals surface area contributed by atoms with Gasteiger partial charge in [-0.05, 0) is 31.2 Å². The highest BCUT2D eigenvalue weighted by molar-refractivity contribution is 7.19. The first-order chi connectivity index (χ1) is 7.31. The molecule has 1 aliphatic rings. The largest absolute Gasteiger partial charge is 0.396 e. The van der Waals surface area contributed by atoms with E-state index in [0.717, 1.165) is 16.6 Å². The zero-order valence-electron chi connectivity index (χ0n) is 8.26. The minimum atomic E-state index is 0.518. The van der Waals surface area contributed by atoms with Crippen molar-refractivity contribution in [2.75, 3.05) is 5.73 Å². The van der Waals surface area contributed by atoms with Crippen LogP contribution < -0.4 is 5.73 Å². The number of aromatic nitrogens is 1. The number of nitrogens with two attached hydrogens (primary N) is 1. The predicted octanol–water partition coefficient (Wildman–Crippen LogP) is 2.56. The van der Waals surface area contributed by atoms with Crippen LogP contribution in [-0.4, -0.2) is 4.98 Å². The third-order valence-electron chi connectivity index (χ3n) is 3.06. The minimum Gasteiger partial charge on any atom is -0.396 e. The Balaban J connectivity index is 2.34. The summed E-state index contributed by atoms with van der Waals surface area (Å²) in [5, 5.41) is 10.0. The maximum atomic E-state index is 8.89. The first kappa shape index (κ1) is 8.81. The van der Waals surface area contributed by atoms with Crippen LogP contribution in [0.25, 0.3) is 10.2 Å². The van der Waals surface area contributed by atoms with Gasteiger partial charge < -0.3 is 10.7 Å². The minimum absolute atomic E-state index is 0.518. The zero-order valence-corrected chi connectivity index (χ0v) is 9.08. The van der Waals surface area contributed by atoms with Gasteiger partial charge in [0.25, 0.3) is 0 Å². The molecule has 2 aromatic heterocycles. The SMILES string of the molecule is N#Cc1[nH]c2sc3c(c2c1N)CCCC3. The van der Waals surface area contributed by atoms with Crippen LogP contribution in [-0.2, 0) is 12.8 Å². The Morgan fingerprint density at radius 1 is 1.33 bits per heavy atom. The lowest BCUT2D eigenvalue weighted by Crippen LogP contribution is -1.99. The normalized spacial score (nSPS) is 15.1. The van der Waals surface area contributed by atoms with E-state index in [4.69, 9.17) is 11.0 Å². The Labute approximate surface area is 91.5 Å². The predicted molar refractivity (Wildman–Crippen MR) is 61.9 cm³/mol. The molecule has 3 nitrogen and oxygen atoms in total. The van der Waals surface area contributed by atoms with Crippen LogP contribution in [0.5, 0.6) is 0 Å². The van der Waals surface area contributed by atoms with Gasteiger partial charge in [-0.1, -0.05) is 0 Å². The first-order valence-corrected chi connectivity index (χ1v) is 5.94. The molecule has 2 heterocycles. The number of anilines is 1. The van der Waals surface area contributed by atoms with Crippen molar-refractivity contribution in [2.45, 2.75) is 25.7 Å². The molecule has 0 bridgehead atoms. The molecule has 0 unspecified atom stereocenters. The molecule has 0 aliphatic heterocycles. The maximum Gasteiger partial charge on any atom is 0.142 e. The monoisotopic (exact) mass is 217 g/mol. The van der Waals surface area contributed by atoms with Gasteiger partial charge in [0.1, 0.15) is 16.6 Å². The van der Waals surface area contributed by atoms with E-state index >= 15 is 0 Å². The molecule has 0 radical (unpaired) electrons. The van der Waals surface area contributed by atoms with Crippen molar-refractivity contribution in [3.8, 4) is 6.07 Å². The first-order valence-electron chi connectivity index (χ1n) is 5.13. The molecule has 2 aromatic rings. The molecule has 0 atom stereocenters. The molecule has 15 heavy (non-hydrogen) atoms. The van der Waals surface area contributed by atoms with E-state index in [1.165, 1.54) is 29.7 Å². The van der Waals surface area contributed by atoms with Gasteiger partial charge in [-0.25, -0.2) is 0 Å². The van der Waals surface area contributed by atoms with Crippen molar-refractivity contribution in [1.29, 1.82) is 5.26 Å². The van der Waals surface area contributed by atoms with Gasteiger partial charge in [0.05, 0.1) is 5.69 Å². The van der Waals surface area contributed by atoms with Gasteiger partial charge in [-0.3, -0.25) is 0 Å². The van der Waals surface area contributed by atoms with E-state index in [2.05, 4.69) is 11.1 Å². The highest BCUT2D eigenvalue weighted by Gasteiger charge is 2.20. The van der Waals surface area contributed by atoms with Crippen molar-refractivity contribution >= 4 is 27.2 Å². The number of nitrogens with one attached hydrogen (secondary N) is 1. The van der Waals surface area contributed by atoms with E-state index in [9.17, 15) is 0 Å². The third kappa shape index (κ3) is 1.10. The lowest BCUT2D eigenvalue weighted by molar-refractivity contribution is 0.700. The second kappa shape index (κ2) is 3.01. The lowest BCUT2D eigenvalue weighted by Gasteiger charge is -2.10. The van der Waals surface area contributed by atoms with Gasteiger partial charge in [-0.15, -0.1) is 11.3 Å². The van der Waals surface area contributed by atoms with Crippen LogP contribution in [0, 0.1) is 11.3 Å². The average molecular weight is 217 g/mol. The topological polar surface area (TPSA) is 65.6 Å². The zero-order chi connectivity index (χ0) is 10.4. The summed E-state index contributed by atoms with van der Waals surface area (Å²) in [4.78, 5) is 5.64. The van der Waals surface area contributed by atoms with Crippen LogP contribution in [0.15, 0.2) is 0 Å². The number of hydrogen-bond acceptors (Lipinski definition) is 3. The molecule has 0 fully saturated rings. The fourth-order valence-corrected chi connectivity index (χ4v) is 3.64. The van der Waals surface area contributed by atoms with Gasteiger partial charge in [0.2, 0.25) is 0 Å². The summed E-state index contributed by atoms with van der Waals surface area (Å²) in [6, 6.07) is 2.10. The number of fused-ring (bicyclic) bond motifs is 3. The Hall–Kier alpha value is -1.47. The van der Waals surface area contributed by atoms with Crippen molar-refractivity contribution in [2.24, 2.45) is 0 Å². The highest BCUT2D eigenvalue weighted by Crippen LogP contribution is 2.40. The lowest BCUT2D eigenvalue weighted by atomic mass is 9.97. The molecular formula is C11H11N3S. The number of aryl methyl sites for hydroxylation is 2. The van der Waals surface area contributed by atoms with Crippen molar-refractivity contribution in [3.63, 3.8) is 0 Å². The fourth-order valence-electron chi connectivity index (χ4n) is 2.33. The molecule has 0 saturated carbocycles. The maximum absolute atomic E-state index is 8.89. The highest BCUT2D eigenvalue weighted by atomic mass is 32.1. The summed E-state index contributed by atoms with van der Waals surface area (Å²) < 4.78 is 0. The van der Waals surface area contributed by atoms with E-state index in [1.54, 1.807) is 11.3 Å². The number of rotatable bonds is 0. The smallest absolute Gasteiger partial charge is 0.142 e. The third-order valence-corrected chi connectivity index (χ3v) is 4.27. The number of nitrogen functional groups attached to an aromatic ring is 1. The Morgan fingerprint density at radius 2 is 2.13 bits per heavy atom. The Bertz CT molecular complexity index is 571. The Kier molecular flexibility index (Phi) is 1.77. The molecule has 0 aromatic carbocycles. The molecule has 0 amide bonds. The van der Waals surface area contributed by atoms with Crippen LogP contribution in [0.1, 0.15) is 29.0 Å². The van der Waals surface area contributed by atoms with Gasteiger partial charge in [0, 0.05) is 10.3 Å². The molecule has 0 saturated heterocycles. The number of nitriles is 1. The molecule has 1 aliphatic carbocycles. The van der Waals surface area contributed by atoms with Gasteiger partial charge in [0.15, 0.2) is 0 Å². The Morgan fingerprint density at radius 3 is 2.93 bits per heavy atom. The van der Waals surface area contributed by atoms with Crippen LogP contribution >= 0.6 is 11.3 Å². The molecule has 0 spiro atoms. The molecule has 3 N–H and O–H groups in total. The number of hydrogen-bond donors (Lipinski definition) is 2. The average Bonchev–Trinajstić information content (AvgIpc) is 2.75. The summed E-state index contributed by atoms with van der Waals surface area (Å²) in [7, 11) is 0.